The zero-order valence-electron chi connectivity index (χ0n) is 12.7. The predicted octanol–water partition coefficient (Wildman–Crippen LogP) is 2.70. The molecule has 0 saturated carbocycles. The maximum atomic E-state index is 11.9. The van der Waals surface area contributed by atoms with Gasteiger partial charge in [0, 0.05) is 19.5 Å². The minimum atomic E-state index is 0.247. The fraction of sp³-hybridized carbons (Fsp3) is 0.316. The van der Waals surface area contributed by atoms with Crippen LogP contribution in [0.25, 0.3) is 11.1 Å². The molecule has 1 atom stereocenters. The maximum absolute atomic E-state index is 11.9. The Morgan fingerprint density at radius 1 is 1.00 bits per heavy atom. The Hall–Kier alpha value is -2.13. The minimum absolute atomic E-state index is 0.247. The van der Waals surface area contributed by atoms with Crippen LogP contribution in [0.4, 0.5) is 0 Å². The fourth-order valence-electron chi connectivity index (χ4n) is 2.99. The highest BCUT2D eigenvalue weighted by Gasteiger charge is 2.27. The number of carbonyl (C=O) groups excluding carboxylic acids is 1. The van der Waals surface area contributed by atoms with E-state index in [-0.39, 0.29) is 5.91 Å². The van der Waals surface area contributed by atoms with Gasteiger partial charge in [-0.25, -0.2) is 0 Å². The average Bonchev–Trinajstić information content (AvgIpc) is 2.94. The van der Waals surface area contributed by atoms with Crippen LogP contribution in [0.2, 0.25) is 0 Å². The van der Waals surface area contributed by atoms with Gasteiger partial charge in [0.2, 0.25) is 5.91 Å². The van der Waals surface area contributed by atoms with Crippen molar-refractivity contribution in [3.05, 3.63) is 60.2 Å². The van der Waals surface area contributed by atoms with Gasteiger partial charge in [-0.1, -0.05) is 54.6 Å². The van der Waals surface area contributed by atoms with Gasteiger partial charge in [-0.2, -0.15) is 0 Å². The van der Waals surface area contributed by atoms with E-state index in [0.29, 0.717) is 18.9 Å². The summed E-state index contributed by atoms with van der Waals surface area (Å²) >= 11 is 0. The topological polar surface area (TPSA) is 46.3 Å². The summed E-state index contributed by atoms with van der Waals surface area (Å²) < 4.78 is 0. The third-order valence-corrected chi connectivity index (χ3v) is 4.36. The molecule has 3 rings (SSSR count). The van der Waals surface area contributed by atoms with Gasteiger partial charge in [0.15, 0.2) is 0 Å². The lowest BCUT2D eigenvalue weighted by atomic mass is 10.0. The van der Waals surface area contributed by atoms with E-state index in [4.69, 9.17) is 5.73 Å². The first-order valence-corrected chi connectivity index (χ1v) is 7.88. The zero-order valence-corrected chi connectivity index (χ0v) is 12.7. The highest BCUT2D eigenvalue weighted by Crippen LogP contribution is 2.20. The van der Waals surface area contributed by atoms with Crippen molar-refractivity contribution in [1.29, 1.82) is 0 Å². The molecule has 0 radical (unpaired) electrons. The predicted molar refractivity (Wildman–Crippen MR) is 89.3 cm³/mol. The molecule has 1 aliphatic heterocycles. The maximum Gasteiger partial charge on any atom is 0.222 e. The number of hydrogen-bond donors (Lipinski definition) is 1. The van der Waals surface area contributed by atoms with E-state index in [0.717, 1.165) is 19.5 Å². The molecular weight excluding hydrogens is 272 g/mol. The second kappa shape index (κ2) is 6.75. The molecule has 1 amide bonds. The SMILES string of the molecule is NCC1CC(=O)N(CCc2ccc(-c3ccccc3)cc2)C1. The normalized spacial score (nSPS) is 18.0. The minimum Gasteiger partial charge on any atom is -0.342 e. The fourth-order valence-corrected chi connectivity index (χ4v) is 2.99. The summed E-state index contributed by atoms with van der Waals surface area (Å²) in [6.45, 7) is 2.21. The summed E-state index contributed by atoms with van der Waals surface area (Å²) in [4.78, 5) is 13.8. The van der Waals surface area contributed by atoms with Crippen LogP contribution in [0.1, 0.15) is 12.0 Å². The first kappa shape index (κ1) is 14.8. The number of nitrogens with two attached hydrogens (primary N) is 1. The van der Waals surface area contributed by atoms with Crippen molar-refractivity contribution in [1.82, 2.24) is 4.90 Å². The van der Waals surface area contributed by atoms with Crippen LogP contribution in [-0.2, 0) is 11.2 Å². The smallest absolute Gasteiger partial charge is 0.222 e. The molecule has 0 spiro atoms. The summed E-state index contributed by atoms with van der Waals surface area (Å²) in [5.41, 5.74) is 9.38. The standard InChI is InChI=1S/C19H22N2O/c20-13-16-12-19(22)21(14-16)11-10-15-6-8-18(9-7-15)17-4-2-1-3-5-17/h1-9,16H,10-14,20H2. The molecule has 0 bridgehead atoms. The Morgan fingerprint density at radius 3 is 2.32 bits per heavy atom. The molecular formula is C19H22N2O. The summed E-state index contributed by atoms with van der Waals surface area (Å²) in [6, 6.07) is 19.0. The van der Waals surface area contributed by atoms with Crippen LogP contribution in [0.5, 0.6) is 0 Å². The first-order valence-electron chi connectivity index (χ1n) is 7.88. The molecule has 114 valence electrons. The number of amides is 1. The molecule has 1 heterocycles. The third-order valence-electron chi connectivity index (χ3n) is 4.36. The highest BCUT2D eigenvalue weighted by molar-refractivity contribution is 5.78. The van der Waals surface area contributed by atoms with Crippen LogP contribution in [-0.4, -0.2) is 30.4 Å². The summed E-state index contributed by atoms with van der Waals surface area (Å²) in [5.74, 6) is 0.587. The van der Waals surface area contributed by atoms with Crippen LogP contribution in [0.15, 0.2) is 54.6 Å². The number of likely N-dealkylation sites (tertiary alicyclic amines) is 1. The van der Waals surface area contributed by atoms with E-state index >= 15 is 0 Å². The Bertz CT molecular complexity index is 622. The van der Waals surface area contributed by atoms with Gasteiger partial charge in [-0.3, -0.25) is 4.79 Å². The second-order valence-electron chi connectivity index (χ2n) is 5.96. The van der Waals surface area contributed by atoms with Crippen LogP contribution in [0, 0.1) is 5.92 Å². The molecule has 0 aliphatic carbocycles. The van der Waals surface area contributed by atoms with E-state index in [1.54, 1.807) is 0 Å². The zero-order chi connectivity index (χ0) is 15.4. The number of nitrogens with zero attached hydrogens (tertiary/aromatic N) is 1. The Balaban J connectivity index is 1.59. The van der Waals surface area contributed by atoms with Crippen molar-refractivity contribution in [2.24, 2.45) is 11.7 Å². The lowest BCUT2D eigenvalue weighted by molar-refractivity contribution is -0.127. The molecule has 0 aromatic heterocycles. The Labute approximate surface area is 131 Å². The molecule has 3 nitrogen and oxygen atoms in total. The van der Waals surface area contributed by atoms with Gasteiger partial charge in [-0.15, -0.1) is 0 Å². The lowest BCUT2D eigenvalue weighted by Crippen LogP contribution is -2.28. The number of hydrogen-bond acceptors (Lipinski definition) is 2. The average molecular weight is 294 g/mol. The van der Waals surface area contributed by atoms with Gasteiger partial charge in [0.1, 0.15) is 0 Å². The van der Waals surface area contributed by atoms with Crippen molar-refractivity contribution in [2.75, 3.05) is 19.6 Å². The number of benzene rings is 2. The van der Waals surface area contributed by atoms with Crippen LogP contribution < -0.4 is 5.73 Å². The van der Waals surface area contributed by atoms with E-state index in [2.05, 4.69) is 48.5 Å². The van der Waals surface area contributed by atoms with E-state index in [1.807, 2.05) is 11.0 Å². The summed E-state index contributed by atoms with van der Waals surface area (Å²) in [7, 11) is 0. The van der Waals surface area contributed by atoms with Gasteiger partial charge < -0.3 is 10.6 Å². The quantitative estimate of drug-likeness (QED) is 0.921. The molecule has 2 aromatic carbocycles. The molecule has 3 heteroatoms. The Kier molecular flexibility index (Phi) is 4.54. The lowest BCUT2D eigenvalue weighted by Gasteiger charge is -2.16. The summed E-state index contributed by atoms with van der Waals surface area (Å²) in [5, 5.41) is 0. The molecule has 1 unspecified atom stereocenters. The van der Waals surface area contributed by atoms with Crippen molar-refractivity contribution in [3.63, 3.8) is 0 Å². The molecule has 2 N–H and O–H groups in total. The van der Waals surface area contributed by atoms with Crippen LogP contribution >= 0.6 is 0 Å². The van der Waals surface area contributed by atoms with E-state index < -0.39 is 0 Å². The largest absolute Gasteiger partial charge is 0.342 e. The monoisotopic (exact) mass is 294 g/mol. The first-order chi connectivity index (χ1) is 10.8. The van der Waals surface area contributed by atoms with Crippen molar-refractivity contribution >= 4 is 5.91 Å². The van der Waals surface area contributed by atoms with Gasteiger partial charge in [0.05, 0.1) is 0 Å². The molecule has 1 saturated heterocycles. The molecule has 1 aliphatic rings. The molecule has 2 aromatic rings. The second-order valence-corrected chi connectivity index (χ2v) is 5.96. The molecule has 22 heavy (non-hydrogen) atoms. The van der Waals surface area contributed by atoms with Crippen molar-refractivity contribution < 1.29 is 4.79 Å². The Morgan fingerprint density at radius 2 is 1.68 bits per heavy atom. The van der Waals surface area contributed by atoms with E-state index in [9.17, 15) is 4.79 Å². The van der Waals surface area contributed by atoms with Gasteiger partial charge >= 0.3 is 0 Å². The summed E-state index contributed by atoms with van der Waals surface area (Å²) in [6.07, 6.45) is 1.52. The van der Waals surface area contributed by atoms with Gasteiger partial charge in [-0.05, 0) is 35.6 Å². The molecule has 1 fully saturated rings. The number of rotatable bonds is 5. The number of carbonyl (C=O) groups is 1. The third kappa shape index (κ3) is 3.37. The van der Waals surface area contributed by atoms with Crippen molar-refractivity contribution in [2.45, 2.75) is 12.8 Å². The van der Waals surface area contributed by atoms with Gasteiger partial charge in [0.25, 0.3) is 0 Å². The van der Waals surface area contributed by atoms with Crippen molar-refractivity contribution in [3.8, 4) is 11.1 Å². The van der Waals surface area contributed by atoms with Crippen LogP contribution in [0.3, 0.4) is 0 Å². The highest BCUT2D eigenvalue weighted by atomic mass is 16.2. The van der Waals surface area contributed by atoms with E-state index in [1.165, 1.54) is 16.7 Å².